The highest BCUT2D eigenvalue weighted by atomic mass is 32.1. The molecule has 1 atom stereocenters. The lowest BCUT2D eigenvalue weighted by atomic mass is 10.4. The highest BCUT2D eigenvalue weighted by molar-refractivity contribution is 7.81. The summed E-state index contributed by atoms with van der Waals surface area (Å²) in [6, 6.07) is 0. The van der Waals surface area contributed by atoms with Crippen LogP contribution in [-0.2, 0) is 4.79 Å². The zero-order valence-corrected chi connectivity index (χ0v) is 5.97. The van der Waals surface area contributed by atoms with E-state index in [1.54, 1.807) is 0 Å². The highest BCUT2D eigenvalue weighted by Gasteiger charge is 2.07. The van der Waals surface area contributed by atoms with Crippen LogP contribution in [0.5, 0.6) is 0 Å². The molecule has 54 valence electrons. The summed E-state index contributed by atoms with van der Waals surface area (Å²) in [5.74, 6) is 0. The Bertz CT molecular complexity index is 73.4. The minimum atomic E-state index is -0.250. The van der Waals surface area contributed by atoms with Crippen molar-refractivity contribution in [3.05, 3.63) is 0 Å². The van der Waals surface area contributed by atoms with Gasteiger partial charge in [0.25, 0.3) is 6.47 Å². The standard InChI is InChI=1S/C4H9NS.CH2O2/c6-4-1-2-5-3-4;2-1-3/h4-6H,1-3H2;1H,(H,2,3). The quantitative estimate of drug-likeness (QED) is 0.335. The summed E-state index contributed by atoms with van der Waals surface area (Å²) in [5, 5.41) is 10.7. The third-order valence-electron chi connectivity index (χ3n) is 1.03. The Morgan fingerprint density at radius 3 is 2.44 bits per heavy atom. The van der Waals surface area contributed by atoms with Crippen LogP contribution in [0.15, 0.2) is 0 Å². The molecule has 1 saturated heterocycles. The summed E-state index contributed by atoms with van der Waals surface area (Å²) in [6.45, 7) is 2.01. The number of thiol groups is 1. The minimum absolute atomic E-state index is 0.250. The summed E-state index contributed by atoms with van der Waals surface area (Å²) < 4.78 is 0. The Kier molecular flexibility index (Phi) is 5.76. The zero-order chi connectivity index (χ0) is 7.11. The molecule has 2 N–H and O–H groups in total. The van der Waals surface area contributed by atoms with Crippen molar-refractivity contribution < 1.29 is 9.90 Å². The van der Waals surface area contributed by atoms with E-state index in [-0.39, 0.29) is 6.47 Å². The van der Waals surface area contributed by atoms with E-state index >= 15 is 0 Å². The Labute approximate surface area is 59.9 Å². The smallest absolute Gasteiger partial charge is 0.290 e. The summed E-state index contributed by atoms with van der Waals surface area (Å²) >= 11 is 4.23. The van der Waals surface area contributed by atoms with Gasteiger partial charge in [0.15, 0.2) is 0 Å². The van der Waals surface area contributed by atoms with Crippen LogP contribution in [-0.4, -0.2) is 29.9 Å². The molecule has 0 aromatic rings. The van der Waals surface area contributed by atoms with Gasteiger partial charge in [-0.05, 0) is 13.0 Å². The first-order chi connectivity index (χ1) is 4.31. The first-order valence-corrected chi connectivity index (χ1v) is 3.29. The van der Waals surface area contributed by atoms with E-state index in [0.29, 0.717) is 5.25 Å². The fourth-order valence-corrected chi connectivity index (χ4v) is 0.898. The molecule has 0 aliphatic carbocycles. The molecule has 1 unspecified atom stereocenters. The normalized spacial score (nSPS) is 24.3. The van der Waals surface area contributed by atoms with E-state index in [0.717, 1.165) is 13.1 Å². The maximum Gasteiger partial charge on any atom is 0.290 e. The van der Waals surface area contributed by atoms with Crippen LogP contribution in [0.3, 0.4) is 0 Å². The topological polar surface area (TPSA) is 49.3 Å². The summed E-state index contributed by atoms with van der Waals surface area (Å²) in [6.07, 6.45) is 1.24. The average molecular weight is 149 g/mol. The van der Waals surface area contributed by atoms with Crippen molar-refractivity contribution in [2.45, 2.75) is 11.7 Å². The second-order valence-electron chi connectivity index (χ2n) is 1.75. The fourth-order valence-electron chi connectivity index (χ4n) is 0.639. The van der Waals surface area contributed by atoms with Gasteiger partial charge in [0.2, 0.25) is 0 Å². The Hall–Kier alpha value is -0.220. The predicted octanol–water partition coefficient (Wildman–Crippen LogP) is -0.0211. The zero-order valence-electron chi connectivity index (χ0n) is 5.08. The number of carboxylic acid groups (broad SMARTS) is 1. The molecule has 4 heteroatoms. The van der Waals surface area contributed by atoms with Gasteiger partial charge in [-0.3, -0.25) is 4.79 Å². The van der Waals surface area contributed by atoms with Gasteiger partial charge in [0.05, 0.1) is 0 Å². The lowest BCUT2D eigenvalue weighted by Crippen LogP contribution is -2.07. The van der Waals surface area contributed by atoms with Crippen molar-refractivity contribution in [1.82, 2.24) is 5.32 Å². The molecule has 1 aliphatic rings. The summed E-state index contributed by atoms with van der Waals surface area (Å²) in [7, 11) is 0. The van der Waals surface area contributed by atoms with E-state index in [2.05, 4.69) is 17.9 Å². The molecule has 0 aromatic carbocycles. The van der Waals surface area contributed by atoms with Crippen molar-refractivity contribution in [2.24, 2.45) is 0 Å². The van der Waals surface area contributed by atoms with E-state index in [4.69, 9.17) is 9.90 Å². The molecule has 1 aliphatic heterocycles. The van der Waals surface area contributed by atoms with Crippen LogP contribution in [0.4, 0.5) is 0 Å². The minimum Gasteiger partial charge on any atom is -0.483 e. The second kappa shape index (κ2) is 5.91. The van der Waals surface area contributed by atoms with Crippen molar-refractivity contribution in [1.29, 1.82) is 0 Å². The molecule has 0 spiro atoms. The molecule has 1 rings (SSSR count). The maximum atomic E-state index is 8.36. The second-order valence-corrected chi connectivity index (χ2v) is 2.48. The van der Waals surface area contributed by atoms with E-state index in [1.807, 2.05) is 0 Å². The molecular formula is C5H11NO2S. The van der Waals surface area contributed by atoms with Crippen LogP contribution in [0.1, 0.15) is 6.42 Å². The van der Waals surface area contributed by atoms with Crippen molar-refractivity contribution >= 4 is 19.1 Å². The van der Waals surface area contributed by atoms with Crippen LogP contribution in [0.25, 0.3) is 0 Å². The highest BCUT2D eigenvalue weighted by Crippen LogP contribution is 2.02. The maximum absolute atomic E-state index is 8.36. The third kappa shape index (κ3) is 5.65. The molecule has 9 heavy (non-hydrogen) atoms. The first kappa shape index (κ1) is 8.78. The van der Waals surface area contributed by atoms with Crippen LogP contribution < -0.4 is 5.32 Å². The molecule has 0 amide bonds. The number of hydrogen-bond acceptors (Lipinski definition) is 3. The molecule has 0 aromatic heterocycles. The van der Waals surface area contributed by atoms with Gasteiger partial charge >= 0.3 is 0 Å². The Balaban J connectivity index is 0.000000187. The SMILES string of the molecule is O=CO.SC1CCNC1. The van der Waals surface area contributed by atoms with Crippen molar-refractivity contribution in [3.8, 4) is 0 Å². The van der Waals surface area contributed by atoms with Gasteiger partial charge in [-0.15, -0.1) is 0 Å². The molecular weight excluding hydrogens is 138 g/mol. The molecule has 1 fully saturated rings. The lowest BCUT2D eigenvalue weighted by Gasteiger charge is -1.89. The van der Waals surface area contributed by atoms with Gasteiger partial charge in [-0.1, -0.05) is 0 Å². The van der Waals surface area contributed by atoms with Gasteiger partial charge in [0.1, 0.15) is 0 Å². The van der Waals surface area contributed by atoms with E-state index in [9.17, 15) is 0 Å². The molecule has 0 radical (unpaired) electrons. The number of rotatable bonds is 0. The fraction of sp³-hybridized carbons (Fsp3) is 0.800. The van der Waals surface area contributed by atoms with Crippen LogP contribution in [0.2, 0.25) is 0 Å². The lowest BCUT2D eigenvalue weighted by molar-refractivity contribution is -0.122. The summed E-state index contributed by atoms with van der Waals surface area (Å²) in [5.41, 5.74) is 0. The Morgan fingerprint density at radius 1 is 1.78 bits per heavy atom. The van der Waals surface area contributed by atoms with Gasteiger partial charge < -0.3 is 10.4 Å². The Morgan fingerprint density at radius 2 is 2.33 bits per heavy atom. The van der Waals surface area contributed by atoms with Crippen LogP contribution in [0, 0.1) is 0 Å². The molecule has 0 bridgehead atoms. The van der Waals surface area contributed by atoms with Gasteiger partial charge in [-0.2, -0.15) is 12.6 Å². The summed E-state index contributed by atoms with van der Waals surface area (Å²) in [4.78, 5) is 8.36. The average Bonchev–Trinajstić information content (AvgIpc) is 2.20. The van der Waals surface area contributed by atoms with Crippen molar-refractivity contribution in [3.63, 3.8) is 0 Å². The third-order valence-corrected chi connectivity index (χ3v) is 1.48. The van der Waals surface area contributed by atoms with Gasteiger partial charge in [0, 0.05) is 11.8 Å². The molecule has 1 heterocycles. The monoisotopic (exact) mass is 149 g/mol. The van der Waals surface area contributed by atoms with Crippen LogP contribution >= 0.6 is 12.6 Å². The number of nitrogens with one attached hydrogen (secondary N) is 1. The van der Waals surface area contributed by atoms with Gasteiger partial charge in [-0.25, -0.2) is 0 Å². The molecule has 3 nitrogen and oxygen atoms in total. The number of hydrogen-bond donors (Lipinski definition) is 3. The van der Waals surface area contributed by atoms with E-state index < -0.39 is 0 Å². The van der Waals surface area contributed by atoms with E-state index in [1.165, 1.54) is 6.42 Å². The molecule has 0 saturated carbocycles. The number of carbonyl (C=O) groups is 1. The largest absolute Gasteiger partial charge is 0.483 e. The first-order valence-electron chi connectivity index (χ1n) is 2.78. The predicted molar refractivity (Wildman–Crippen MR) is 39.0 cm³/mol. The van der Waals surface area contributed by atoms with Crippen molar-refractivity contribution in [2.75, 3.05) is 13.1 Å².